The Hall–Kier alpha value is -3.89. The molecule has 11 heteroatoms. The number of halogens is 3. The summed E-state index contributed by atoms with van der Waals surface area (Å²) in [5.74, 6) is 0.991. The van der Waals surface area contributed by atoms with Crippen LogP contribution in [0, 0.1) is 0 Å². The predicted octanol–water partition coefficient (Wildman–Crippen LogP) is 4.77. The van der Waals surface area contributed by atoms with Gasteiger partial charge in [-0.05, 0) is 62.1 Å². The van der Waals surface area contributed by atoms with Crippen molar-refractivity contribution in [1.29, 1.82) is 0 Å². The van der Waals surface area contributed by atoms with Crippen LogP contribution in [0.3, 0.4) is 0 Å². The molecular weight excluding hydrogens is 485 g/mol. The summed E-state index contributed by atoms with van der Waals surface area (Å²) in [5, 5.41) is 3.21. The molecular formula is C26H27F3N6O2. The quantitative estimate of drug-likeness (QED) is 0.461. The van der Waals surface area contributed by atoms with Gasteiger partial charge in [-0.25, -0.2) is 19.7 Å². The Labute approximate surface area is 212 Å². The van der Waals surface area contributed by atoms with E-state index in [1.54, 1.807) is 38.4 Å². The van der Waals surface area contributed by atoms with E-state index in [2.05, 4.69) is 15.3 Å². The molecule has 2 fully saturated rings. The zero-order chi connectivity index (χ0) is 26.6. The van der Waals surface area contributed by atoms with Crippen molar-refractivity contribution in [3.63, 3.8) is 0 Å². The van der Waals surface area contributed by atoms with Gasteiger partial charge in [0.25, 0.3) is 5.91 Å². The van der Waals surface area contributed by atoms with Crippen molar-refractivity contribution in [1.82, 2.24) is 19.4 Å². The van der Waals surface area contributed by atoms with Gasteiger partial charge in [-0.15, -0.1) is 0 Å². The number of hydrogen-bond acceptors (Lipinski definition) is 5. The molecule has 0 unspecified atom stereocenters. The Bertz CT molecular complexity index is 1340. The van der Waals surface area contributed by atoms with Crippen molar-refractivity contribution in [3.8, 4) is 0 Å². The van der Waals surface area contributed by atoms with Crippen molar-refractivity contribution in [3.05, 3.63) is 71.9 Å². The van der Waals surface area contributed by atoms with E-state index in [0.717, 1.165) is 16.3 Å². The maximum atomic E-state index is 13.5. The van der Waals surface area contributed by atoms with Crippen molar-refractivity contribution in [2.45, 2.75) is 56.9 Å². The molecule has 2 aliphatic rings. The zero-order valence-electron chi connectivity index (χ0n) is 20.7. The van der Waals surface area contributed by atoms with E-state index < -0.39 is 29.1 Å². The number of rotatable bonds is 7. The fourth-order valence-electron chi connectivity index (χ4n) is 4.71. The third kappa shape index (κ3) is 4.21. The number of nitrogens with zero attached hydrogens (tertiary/aromatic N) is 5. The lowest BCUT2D eigenvalue weighted by atomic mass is 9.95. The predicted molar refractivity (Wildman–Crippen MR) is 131 cm³/mol. The normalized spacial score (nSPS) is 18.4. The fourth-order valence-corrected chi connectivity index (χ4v) is 4.71. The van der Waals surface area contributed by atoms with E-state index in [4.69, 9.17) is 0 Å². The van der Waals surface area contributed by atoms with Crippen LogP contribution in [0.4, 0.5) is 29.5 Å². The number of aryl methyl sites for hydroxylation is 1. The first-order valence-corrected chi connectivity index (χ1v) is 11.9. The maximum Gasteiger partial charge on any atom is 0.398 e. The van der Waals surface area contributed by atoms with Crippen LogP contribution in [0.5, 0.6) is 0 Å². The molecule has 1 saturated carbocycles. The van der Waals surface area contributed by atoms with Crippen LogP contribution in [-0.4, -0.2) is 43.1 Å². The molecule has 8 nitrogen and oxygen atoms in total. The van der Waals surface area contributed by atoms with E-state index in [1.165, 1.54) is 29.2 Å². The average Bonchev–Trinajstić information content (AvgIpc) is 3.55. The standard InChI is InChI=1S/C26H27F3N6O2/c1-24(2)22(36)35(19-6-4-18(5-7-19)25(9-10-25)26(27,28)29)23(37)34(24)16-17-8-11-30-20(14-17)32-15-21-31-12-13-33(21)3/h4-8,11-14H,9-10,15-16H2,1-3H3,(H,30,32). The van der Waals surface area contributed by atoms with E-state index in [0.29, 0.717) is 12.4 Å². The fraction of sp³-hybridized carbons (Fsp3) is 0.385. The van der Waals surface area contributed by atoms with Gasteiger partial charge in [-0.1, -0.05) is 12.1 Å². The lowest BCUT2D eigenvalue weighted by Crippen LogP contribution is -2.43. The lowest BCUT2D eigenvalue weighted by Gasteiger charge is -2.27. The molecule has 0 bridgehead atoms. The topological polar surface area (TPSA) is 83.4 Å². The van der Waals surface area contributed by atoms with E-state index in [-0.39, 0.29) is 30.6 Å². The van der Waals surface area contributed by atoms with Crippen LogP contribution in [0.15, 0.2) is 55.0 Å². The largest absolute Gasteiger partial charge is 0.398 e. The SMILES string of the molecule is Cn1ccnc1CNc1cc(CN2C(=O)N(c3ccc(C4(C(F)(F)F)CC4)cc3)C(=O)C2(C)C)ccn1. The summed E-state index contributed by atoms with van der Waals surface area (Å²) < 4.78 is 42.4. The Morgan fingerprint density at radius 3 is 2.32 bits per heavy atom. The van der Waals surface area contributed by atoms with E-state index >= 15 is 0 Å². The van der Waals surface area contributed by atoms with Crippen molar-refractivity contribution in [2.24, 2.45) is 7.05 Å². The van der Waals surface area contributed by atoms with Crippen molar-refractivity contribution < 1.29 is 22.8 Å². The number of benzene rings is 1. The number of imidazole rings is 1. The molecule has 3 amide bonds. The third-order valence-electron chi connectivity index (χ3n) is 7.31. The molecule has 0 spiro atoms. The minimum absolute atomic E-state index is 0.0444. The molecule has 194 valence electrons. The summed E-state index contributed by atoms with van der Waals surface area (Å²) in [7, 11) is 1.89. The molecule has 0 radical (unpaired) electrons. The van der Waals surface area contributed by atoms with Gasteiger partial charge in [-0.3, -0.25) is 4.79 Å². The minimum Gasteiger partial charge on any atom is -0.363 e. The van der Waals surface area contributed by atoms with Gasteiger partial charge in [0.1, 0.15) is 17.2 Å². The first kappa shape index (κ1) is 24.8. The molecule has 1 N–H and O–H groups in total. The number of anilines is 2. The van der Waals surface area contributed by atoms with Gasteiger partial charge in [0, 0.05) is 32.2 Å². The average molecular weight is 513 g/mol. The first-order valence-electron chi connectivity index (χ1n) is 11.9. The van der Waals surface area contributed by atoms with Gasteiger partial charge < -0.3 is 14.8 Å². The molecule has 1 aromatic carbocycles. The molecule has 2 aromatic heterocycles. The van der Waals surface area contributed by atoms with Crippen LogP contribution >= 0.6 is 0 Å². The highest BCUT2D eigenvalue weighted by Crippen LogP contribution is 2.59. The number of urea groups is 1. The Morgan fingerprint density at radius 2 is 1.73 bits per heavy atom. The number of amides is 3. The smallest absolute Gasteiger partial charge is 0.363 e. The summed E-state index contributed by atoms with van der Waals surface area (Å²) in [6, 6.07) is 8.62. The van der Waals surface area contributed by atoms with E-state index in [9.17, 15) is 22.8 Å². The molecule has 3 heterocycles. The third-order valence-corrected chi connectivity index (χ3v) is 7.31. The maximum absolute atomic E-state index is 13.5. The van der Waals surface area contributed by atoms with Crippen LogP contribution in [0.2, 0.25) is 0 Å². The Kier molecular flexibility index (Phi) is 5.76. The molecule has 1 aliphatic carbocycles. The van der Waals surface area contributed by atoms with Crippen LogP contribution < -0.4 is 10.2 Å². The first-order chi connectivity index (χ1) is 17.4. The molecule has 3 aromatic rings. The second-order valence-corrected chi connectivity index (χ2v) is 10.1. The monoisotopic (exact) mass is 512 g/mol. The van der Waals surface area contributed by atoms with Gasteiger partial charge in [-0.2, -0.15) is 13.2 Å². The van der Waals surface area contributed by atoms with Gasteiger partial charge in [0.2, 0.25) is 0 Å². The summed E-state index contributed by atoms with van der Waals surface area (Å²) in [4.78, 5) is 37.8. The summed E-state index contributed by atoms with van der Waals surface area (Å²) in [6.45, 7) is 3.94. The van der Waals surface area contributed by atoms with Crippen molar-refractivity contribution >= 4 is 23.4 Å². The van der Waals surface area contributed by atoms with Crippen LogP contribution in [-0.2, 0) is 30.3 Å². The number of alkyl halides is 3. The van der Waals surface area contributed by atoms with Crippen molar-refractivity contribution in [2.75, 3.05) is 10.2 Å². The number of carbonyl (C=O) groups excluding carboxylic acids is 2. The van der Waals surface area contributed by atoms with Gasteiger partial charge in [0.15, 0.2) is 0 Å². The number of pyridine rings is 1. The Balaban J connectivity index is 1.33. The molecule has 0 atom stereocenters. The molecule has 37 heavy (non-hydrogen) atoms. The molecule has 1 saturated heterocycles. The summed E-state index contributed by atoms with van der Waals surface area (Å²) >= 11 is 0. The van der Waals surface area contributed by atoms with Crippen LogP contribution in [0.25, 0.3) is 0 Å². The van der Waals surface area contributed by atoms with E-state index in [1.807, 2.05) is 17.8 Å². The molecule has 5 rings (SSSR count). The minimum atomic E-state index is -4.33. The Morgan fingerprint density at radius 1 is 1.03 bits per heavy atom. The van der Waals surface area contributed by atoms with Gasteiger partial charge in [0.05, 0.1) is 17.6 Å². The number of hydrogen-bond donors (Lipinski definition) is 1. The van der Waals surface area contributed by atoms with Crippen LogP contribution in [0.1, 0.15) is 43.6 Å². The lowest BCUT2D eigenvalue weighted by molar-refractivity contribution is -0.160. The summed E-state index contributed by atoms with van der Waals surface area (Å²) in [5.41, 5.74) is -1.80. The highest BCUT2D eigenvalue weighted by molar-refractivity contribution is 6.22. The second kappa shape index (κ2) is 8.60. The highest BCUT2D eigenvalue weighted by Gasteiger charge is 2.64. The summed E-state index contributed by atoms with van der Waals surface area (Å²) in [6.07, 6.45) is 0.932. The molecule has 1 aliphatic heterocycles. The number of aromatic nitrogens is 3. The second-order valence-electron chi connectivity index (χ2n) is 10.1. The number of carbonyl (C=O) groups is 2. The number of imide groups is 1. The zero-order valence-corrected chi connectivity index (χ0v) is 20.7. The highest BCUT2D eigenvalue weighted by atomic mass is 19.4. The van der Waals surface area contributed by atoms with Gasteiger partial charge >= 0.3 is 12.2 Å². The number of nitrogens with one attached hydrogen (secondary N) is 1.